The number of halogens is 1. The van der Waals surface area contributed by atoms with E-state index in [2.05, 4.69) is 39.0 Å². The highest BCUT2D eigenvalue weighted by Crippen LogP contribution is 2.24. The van der Waals surface area contributed by atoms with Gasteiger partial charge in [-0.3, -0.25) is 15.6 Å². The number of rotatable bonds is 4. The lowest BCUT2D eigenvalue weighted by Gasteiger charge is -2.07. The molecule has 0 heterocycles. The summed E-state index contributed by atoms with van der Waals surface area (Å²) in [6.07, 6.45) is 3.00. The van der Waals surface area contributed by atoms with Gasteiger partial charge < -0.3 is 10.5 Å². The molecule has 0 aromatic heterocycles. The number of nitrogens with one attached hydrogen (secondary N) is 2. The number of carbonyl (C=O) groups excluding carboxylic acids is 1. The van der Waals surface area contributed by atoms with Crippen molar-refractivity contribution in [2.24, 2.45) is 5.73 Å². The van der Waals surface area contributed by atoms with Gasteiger partial charge in [0.1, 0.15) is 5.75 Å². The Morgan fingerprint density at radius 3 is 2.89 bits per heavy atom. The Morgan fingerprint density at radius 1 is 1.53 bits per heavy atom. The van der Waals surface area contributed by atoms with Crippen molar-refractivity contribution in [1.82, 2.24) is 10.9 Å². The van der Waals surface area contributed by atoms with Crippen LogP contribution in [0.3, 0.4) is 0 Å². The van der Waals surface area contributed by atoms with Crippen LogP contribution in [0.5, 0.6) is 5.75 Å². The first-order valence-electron chi connectivity index (χ1n) is 5.48. The molecular formula is C12H14BrN3O2S. The smallest absolute Gasteiger partial charge is 0.262 e. The summed E-state index contributed by atoms with van der Waals surface area (Å²) in [5.74, 6) is 0.340. The normalized spacial score (nSPS) is 10.2. The summed E-state index contributed by atoms with van der Waals surface area (Å²) in [4.78, 5) is 11.4. The van der Waals surface area contributed by atoms with Crippen LogP contribution in [0.2, 0.25) is 0 Å². The first-order valence-corrected chi connectivity index (χ1v) is 6.69. The van der Waals surface area contributed by atoms with Gasteiger partial charge in [-0.1, -0.05) is 15.9 Å². The van der Waals surface area contributed by atoms with Crippen LogP contribution in [0, 0.1) is 0 Å². The molecule has 0 saturated carbocycles. The van der Waals surface area contributed by atoms with E-state index in [4.69, 9.17) is 10.5 Å². The standard InChI is InChI=1S/C12H14BrN3O2S/c1-2-18-10-5-4-9(13)7-8(10)3-6-11(17)15-16-12(14)19/h3-7H,2H2,1H3,(H,15,17)(H3,14,16,19)/b6-3+. The lowest BCUT2D eigenvalue weighted by Crippen LogP contribution is -2.43. The fraction of sp³-hybridized carbons (Fsp3) is 0.167. The lowest BCUT2D eigenvalue weighted by molar-refractivity contribution is -0.116. The van der Waals surface area contributed by atoms with E-state index >= 15 is 0 Å². The van der Waals surface area contributed by atoms with Crippen LogP contribution in [0.1, 0.15) is 12.5 Å². The Labute approximate surface area is 125 Å². The van der Waals surface area contributed by atoms with Crippen LogP contribution >= 0.6 is 28.1 Å². The summed E-state index contributed by atoms with van der Waals surface area (Å²) in [6, 6.07) is 5.56. The Hall–Kier alpha value is -1.60. The van der Waals surface area contributed by atoms with E-state index in [1.54, 1.807) is 6.08 Å². The van der Waals surface area contributed by atoms with Crippen molar-refractivity contribution in [3.63, 3.8) is 0 Å². The van der Waals surface area contributed by atoms with Crippen LogP contribution in [0.25, 0.3) is 6.08 Å². The van der Waals surface area contributed by atoms with Gasteiger partial charge in [0.25, 0.3) is 5.91 Å². The minimum atomic E-state index is -0.366. The summed E-state index contributed by atoms with van der Waals surface area (Å²) in [7, 11) is 0. The second-order valence-electron chi connectivity index (χ2n) is 3.43. The van der Waals surface area contributed by atoms with Crippen LogP contribution in [0.15, 0.2) is 28.7 Å². The minimum absolute atomic E-state index is 0.000731. The van der Waals surface area contributed by atoms with Crippen molar-refractivity contribution in [2.75, 3.05) is 6.61 Å². The Kier molecular flexibility index (Phi) is 6.31. The largest absolute Gasteiger partial charge is 0.493 e. The second kappa shape index (κ2) is 7.75. The molecule has 0 spiro atoms. The van der Waals surface area contributed by atoms with E-state index in [0.29, 0.717) is 12.4 Å². The first kappa shape index (κ1) is 15.5. The number of amides is 1. The third-order valence-electron chi connectivity index (χ3n) is 1.99. The zero-order chi connectivity index (χ0) is 14.3. The number of benzene rings is 1. The maximum absolute atomic E-state index is 11.4. The summed E-state index contributed by atoms with van der Waals surface area (Å²) in [5.41, 5.74) is 10.7. The fourth-order valence-corrected chi connectivity index (χ4v) is 1.70. The summed E-state index contributed by atoms with van der Waals surface area (Å²) >= 11 is 7.93. The molecule has 5 nitrogen and oxygen atoms in total. The van der Waals surface area contributed by atoms with Crippen LogP contribution < -0.4 is 21.3 Å². The van der Waals surface area contributed by atoms with E-state index < -0.39 is 0 Å². The highest BCUT2D eigenvalue weighted by molar-refractivity contribution is 9.10. The predicted molar refractivity (Wildman–Crippen MR) is 82.4 cm³/mol. The molecule has 0 aliphatic heterocycles. The Balaban J connectivity index is 2.76. The Morgan fingerprint density at radius 2 is 2.26 bits per heavy atom. The van der Waals surface area contributed by atoms with Crippen LogP contribution in [-0.2, 0) is 4.79 Å². The second-order valence-corrected chi connectivity index (χ2v) is 4.78. The molecule has 0 fully saturated rings. The lowest BCUT2D eigenvalue weighted by atomic mass is 10.2. The third kappa shape index (κ3) is 5.71. The number of hydrogen-bond acceptors (Lipinski definition) is 3. The average Bonchev–Trinajstić information content (AvgIpc) is 2.36. The van der Waals surface area contributed by atoms with Gasteiger partial charge in [0.05, 0.1) is 6.61 Å². The average molecular weight is 344 g/mol. The van der Waals surface area contributed by atoms with Crippen molar-refractivity contribution in [2.45, 2.75) is 6.92 Å². The van der Waals surface area contributed by atoms with Gasteiger partial charge in [0.2, 0.25) is 0 Å². The molecule has 102 valence electrons. The topological polar surface area (TPSA) is 76.4 Å². The molecule has 0 radical (unpaired) electrons. The van der Waals surface area contributed by atoms with E-state index in [-0.39, 0.29) is 11.0 Å². The minimum Gasteiger partial charge on any atom is -0.493 e. The summed E-state index contributed by atoms with van der Waals surface area (Å²) in [5, 5.41) is -0.000731. The van der Waals surface area contributed by atoms with Crippen molar-refractivity contribution < 1.29 is 9.53 Å². The number of ether oxygens (including phenoxy) is 1. The molecular weight excluding hydrogens is 330 g/mol. The molecule has 1 aromatic rings. The highest BCUT2D eigenvalue weighted by Gasteiger charge is 2.02. The van der Waals surface area contributed by atoms with Crippen molar-refractivity contribution in [1.29, 1.82) is 0 Å². The molecule has 1 rings (SSSR count). The number of carbonyl (C=O) groups is 1. The zero-order valence-corrected chi connectivity index (χ0v) is 12.7. The Bertz CT molecular complexity index is 506. The summed E-state index contributed by atoms with van der Waals surface area (Å²) in [6.45, 7) is 2.45. The molecule has 1 aromatic carbocycles. The van der Waals surface area contributed by atoms with E-state index in [1.807, 2.05) is 25.1 Å². The van der Waals surface area contributed by atoms with E-state index in [1.165, 1.54) is 6.08 Å². The van der Waals surface area contributed by atoms with Crippen molar-refractivity contribution in [3.05, 3.63) is 34.3 Å². The number of thiocarbonyl (C=S) groups is 1. The van der Waals surface area contributed by atoms with E-state index in [9.17, 15) is 4.79 Å². The SMILES string of the molecule is CCOc1ccc(Br)cc1/C=C/C(=O)NNC(N)=S. The van der Waals surface area contributed by atoms with Gasteiger partial charge in [-0.25, -0.2) is 0 Å². The summed E-state index contributed by atoms with van der Waals surface area (Å²) < 4.78 is 6.36. The monoisotopic (exact) mass is 343 g/mol. The molecule has 0 aliphatic carbocycles. The van der Waals surface area contributed by atoms with Gasteiger partial charge in [-0.05, 0) is 43.4 Å². The molecule has 4 N–H and O–H groups in total. The maximum Gasteiger partial charge on any atom is 0.262 e. The fourth-order valence-electron chi connectivity index (χ4n) is 1.27. The van der Waals surface area contributed by atoms with Gasteiger partial charge in [0, 0.05) is 16.1 Å². The first-order chi connectivity index (χ1) is 9.02. The van der Waals surface area contributed by atoms with Gasteiger partial charge in [0.15, 0.2) is 5.11 Å². The third-order valence-corrected chi connectivity index (χ3v) is 2.59. The van der Waals surface area contributed by atoms with Gasteiger partial charge in [-0.15, -0.1) is 0 Å². The number of hydrogen-bond donors (Lipinski definition) is 3. The molecule has 0 bridgehead atoms. The van der Waals surface area contributed by atoms with Gasteiger partial charge in [-0.2, -0.15) is 0 Å². The van der Waals surface area contributed by atoms with Gasteiger partial charge >= 0.3 is 0 Å². The number of hydrazine groups is 1. The van der Waals surface area contributed by atoms with Crippen molar-refractivity contribution >= 4 is 45.2 Å². The zero-order valence-electron chi connectivity index (χ0n) is 10.3. The molecule has 0 aliphatic rings. The molecule has 0 atom stereocenters. The van der Waals surface area contributed by atoms with E-state index in [0.717, 1.165) is 10.0 Å². The predicted octanol–water partition coefficient (Wildman–Crippen LogP) is 1.73. The molecule has 0 saturated heterocycles. The quantitative estimate of drug-likeness (QED) is 0.441. The molecule has 0 unspecified atom stereocenters. The van der Waals surface area contributed by atoms with Crippen LogP contribution in [-0.4, -0.2) is 17.6 Å². The highest BCUT2D eigenvalue weighted by atomic mass is 79.9. The maximum atomic E-state index is 11.4. The molecule has 7 heteroatoms. The van der Waals surface area contributed by atoms with Crippen LogP contribution in [0.4, 0.5) is 0 Å². The van der Waals surface area contributed by atoms with Crippen molar-refractivity contribution in [3.8, 4) is 5.75 Å². The number of nitrogens with two attached hydrogens (primary N) is 1. The molecule has 1 amide bonds. The molecule has 19 heavy (non-hydrogen) atoms.